The number of fused-ring (bicyclic) bond motifs is 1. The lowest BCUT2D eigenvalue weighted by atomic mass is 10.0. The van der Waals surface area contributed by atoms with Crippen LogP contribution in [0, 0.1) is 0 Å². The molecular weight excluding hydrogens is 565 g/mol. The number of nitrogens with one attached hydrogen (secondary N) is 1. The van der Waals surface area contributed by atoms with Gasteiger partial charge < -0.3 is 21.0 Å². The Morgan fingerprint density at radius 2 is 2.16 bits per heavy atom. The van der Waals surface area contributed by atoms with Crippen LogP contribution in [-0.4, -0.2) is 98.8 Å². The van der Waals surface area contributed by atoms with Crippen molar-refractivity contribution in [3.63, 3.8) is 0 Å². The average molecular weight is 581 g/mol. The van der Waals surface area contributed by atoms with Crippen LogP contribution in [0.3, 0.4) is 0 Å². The van der Waals surface area contributed by atoms with Gasteiger partial charge in [0.05, 0.1) is 0 Å². The number of β-lactam (4-membered cyclic amide) rings is 1. The molecular formula is C16H15F3N10O5S3. The number of anilines is 1. The summed E-state index contributed by atoms with van der Waals surface area (Å²) in [4.78, 5) is 46.7. The number of aryl methyl sites for hydroxylation is 1. The third-order valence-electron chi connectivity index (χ3n) is 4.75. The number of thioether (sulfide) groups is 2. The zero-order chi connectivity index (χ0) is 26.9. The highest BCUT2D eigenvalue weighted by Gasteiger charge is 2.54. The van der Waals surface area contributed by atoms with E-state index in [1.54, 1.807) is 7.05 Å². The summed E-state index contributed by atoms with van der Waals surface area (Å²) in [5.41, 5.74) is 4.98. The van der Waals surface area contributed by atoms with Crippen LogP contribution < -0.4 is 11.1 Å². The number of carbonyl (C=O) groups is 3. The van der Waals surface area contributed by atoms with E-state index in [0.717, 1.165) is 4.90 Å². The zero-order valence-electron chi connectivity index (χ0n) is 18.4. The number of nitrogen functional groups attached to an aromatic ring is 1. The van der Waals surface area contributed by atoms with Crippen molar-refractivity contribution in [1.29, 1.82) is 0 Å². The first kappa shape index (κ1) is 26.6. The molecule has 2 amide bonds. The predicted molar refractivity (Wildman–Crippen MR) is 122 cm³/mol. The quantitative estimate of drug-likeness (QED) is 0.148. The van der Waals surface area contributed by atoms with E-state index in [2.05, 4.69) is 40.2 Å². The number of nitrogens with two attached hydrogens (primary N) is 1. The Balaban J connectivity index is 1.49. The van der Waals surface area contributed by atoms with Gasteiger partial charge in [-0.1, -0.05) is 16.9 Å². The smallest absolute Gasteiger partial charge is 0.425 e. The van der Waals surface area contributed by atoms with Gasteiger partial charge in [-0.15, -0.1) is 16.9 Å². The summed E-state index contributed by atoms with van der Waals surface area (Å²) in [6.45, 7) is -1.78. The van der Waals surface area contributed by atoms with E-state index in [-0.39, 0.29) is 22.3 Å². The minimum atomic E-state index is -4.72. The Morgan fingerprint density at radius 1 is 1.41 bits per heavy atom. The molecule has 15 nitrogen and oxygen atoms in total. The highest BCUT2D eigenvalue weighted by molar-refractivity contribution is 8.01. The maximum atomic E-state index is 12.9. The van der Waals surface area contributed by atoms with E-state index in [1.807, 2.05) is 0 Å². The van der Waals surface area contributed by atoms with Crippen molar-refractivity contribution in [3.8, 4) is 0 Å². The number of tetrazole rings is 1. The van der Waals surface area contributed by atoms with Crippen LogP contribution in [0.1, 0.15) is 5.82 Å². The van der Waals surface area contributed by atoms with Crippen molar-refractivity contribution in [2.45, 2.75) is 22.7 Å². The summed E-state index contributed by atoms with van der Waals surface area (Å²) in [7, 11) is 1.62. The van der Waals surface area contributed by atoms with Crippen molar-refractivity contribution >= 4 is 63.7 Å². The highest BCUT2D eigenvalue weighted by Crippen LogP contribution is 2.41. The number of halogens is 3. The number of aliphatic carboxylic acids is 1. The molecule has 0 spiro atoms. The minimum absolute atomic E-state index is 0.0844. The van der Waals surface area contributed by atoms with Crippen LogP contribution in [0.4, 0.5) is 18.3 Å². The second-order valence-electron chi connectivity index (χ2n) is 7.28. The first-order valence-corrected chi connectivity index (χ1v) is 12.7. The molecule has 1 unspecified atom stereocenters. The van der Waals surface area contributed by atoms with Gasteiger partial charge >= 0.3 is 12.1 Å². The lowest BCUT2D eigenvalue weighted by Gasteiger charge is -2.49. The normalized spacial score (nSPS) is 19.9. The number of carbonyl (C=O) groups excluding carboxylic acids is 2. The molecule has 198 valence electrons. The maximum absolute atomic E-state index is 12.9. The number of carboxylic acid groups (broad SMARTS) is 1. The van der Waals surface area contributed by atoms with Crippen LogP contribution in [-0.2, 0) is 26.3 Å². The fourth-order valence-corrected chi connectivity index (χ4v) is 5.95. The fourth-order valence-electron chi connectivity index (χ4n) is 3.18. The highest BCUT2D eigenvalue weighted by atomic mass is 32.2. The van der Waals surface area contributed by atoms with Crippen molar-refractivity contribution in [2.75, 3.05) is 23.8 Å². The van der Waals surface area contributed by atoms with Crippen LogP contribution in [0.25, 0.3) is 0 Å². The molecule has 0 aromatic carbocycles. The second kappa shape index (κ2) is 10.5. The monoisotopic (exact) mass is 580 g/mol. The summed E-state index contributed by atoms with van der Waals surface area (Å²) in [6, 6.07) is -1.19. The van der Waals surface area contributed by atoms with E-state index < -0.39 is 53.5 Å². The molecule has 4 N–H and O–H groups in total. The average Bonchev–Trinajstić information content (AvgIpc) is 3.44. The van der Waals surface area contributed by atoms with Gasteiger partial charge in [0.15, 0.2) is 5.13 Å². The van der Waals surface area contributed by atoms with E-state index in [1.165, 1.54) is 28.2 Å². The second-order valence-corrected chi connectivity index (χ2v) is 10.1. The molecule has 0 aliphatic carbocycles. The van der Waals surface area contributed by atoms with Gasteiger partial charge in [0.2, 0.25) is 23.3 Å². The molecule has 2 aliphatic heterocycles. The number of alkyl halides is 3. The SMILES string of the molecule is Cn1nnnc1SCC1=C(C(=O)O)N2C(=O)C(NC(=O)/C(=N/OCC(F)(F)F)c3nsc(N)n3)[C@H]2SC1. The molecule has 0 radical (unpaired) electrons. The molecule has 0 saturated carbocycles. The molecule has 0 bridgehead atoms. The van der Waals surface area contributed by atoms with Crippen molar-refractivity contribution < 1.29 is 37.5 Å². The number of hydrogen-bond donors (Lipinski definition) is 3. The van der Waals surface area contributed by atoms with Gasteiger partial charge in [-0.2, -0.15) is 22.5 Å². The predicted octanol–water partition coefficient (Wildman–Crippen LogP) is -0.542. The molecule has 2 aromatic rings. The van der Waals surface area contributed by atoms with Crippen molar-refractivity contribution in [1.82, 2.24) is 39.8 Å². The van der Waals surface area contributed by atoms with Gasteiger partial charge in [-0.05, 0) is 16.0 Å². The first-order chi connectivity index (χ1) is 17.5. The van der Waals surface area contributed by atoms with Gasteiger partial charge in [0.1, 0.15) is 17.1 Å². The van der Waals surface area contributed by atoms with Gasteiger partial charge in [0.25, 0.3) is 11.8 Å². The molecule has 4 rings (SSSR count). The standard InChI is InChI=1S/C16H15F3N10O5S3/c1-28-15(23-26-27-28)36-3-5-2-35-12-7(11(31)29(12)8(5)13(32)33)21-10(30)6(9-22-14(20)37-25-9)24-34-4-16(17,18)19/h7,12H,2-4H2,1H3,(H,21,30)(H,32,33)(H2,20,22,25)/b24-6+/t7?,12-/m1/s1. The minimum Gasteiger partial charge on any atom is -0.477 e. The summed E-state index contributed by atoms with van der Waals surface area (Å²) in [5, 5.41) is 25.9. The number of aromatic nitrogens is 6. The summed E-state index contributed by atoms with van der Waals surface area (Å²) in [6.07, 6.45) is -4.72. The summed E-state index contributed by atoms with van der Waals surface area (Å²) in [5.74, 6) is -3.14. The van der Waals surface area contributed by atoms with Gasteiger partial charge in [-0.3, -0.25) is 14.5 Å². The van der Waals surface area contributed by atoms with Gasteiger partial charge in [-0.25, -0.2) is 9.48 Å². The van der Waals surface area contributed by atoms with Gasteiger partial charge in [0, 0.05) is 30.1 Å². The Bertz CT molecular complexity index is 1300. The molecule has 37 heavy (non-hydrogen) atoms. The van der Waals surface area contributed by atoms with Crippen LogP contribution in [0.2, 0.25) is 0 Å². The number of amides is 2. The Morgan fingerprint density at radius 3 is 2.76 bits per heavy atom. The Kier molecular flexibility index (Phi) is 7.54. The lowest BCUT2D eigenvalue weighted by Crippen LogP contribution is -2.71. The number of nitrogens with zero attached hydrogens (tertiary/aromatic N) is 8. The fraction of sp³-hybridized carbons (Fsp3) is 0.438. The zero-order valence-corrected chi connectivity index (χ0v) is 20.8. The van der Waals surface area contributed by atoms with Crippen LogP contribution in [0.5, 0.6) is 0 Å². The third-order valence-corrected chi connectivity index (χ3v) is 7.72. The topological polar surface area (TPSA) is 204 Å². The molecule has 1 fully saturated rings. The number of oxime groups is 1. The number of carboxylic acids is 1. The number of rotatable bonds is 9. The summed E-state index contributed by atoms with van der Waals surface area (Å²) >= 11 is 3.05. The largest absolute Gasteiger partial charge is 0.477 e. The van der Waals surface area contributed by atoms with Crippen LogP contribution in [0.15, 0.2) is 21.6 Å². The molecule has 2 aliphatic rings. The Labute approximate surface area is 216 Å². The molecule has 1 saturated heterocycles. The van der Waals surface area contributed by atoms with Crippen LogP contribution >= 0.6 is 35.1 Å². The molecule has 2 aromatic heterocycles. The molecule has 2 atom stereocenters. The first-order valence-electron chi connectivity index (χ1n) is 9.88. The molecule has 21 heteroatoms. The van der Waals surface area contributed by atoms with Crippen molar-refractivity contribution in [3.05, 3.63) is 17.1 Å². The molecule has 4 heterocycles. The summed E-state index contributed by atoms with van der Waals surface area (Å²) < 4.78 is 42.5. The van der Waals surface area contributed by atoms with Crippen molar-refractivity contribution in [2.24, 2.45) is 12.2 Å². The third kappa shape index (κ3) is 5.77. The lowest BCUT2D eigenvalue weighted by molar-refractivity contribution is -0.174. The van der Waals surface area contributed by atoms with E-state index in [4.69, 9.17) is 5.73 Å². The maximum Gasteiger partial charge on any atom is 0.425 e. The van der Waals surface area contributed by atoms with E-state index >= 15 is 0 Å². The van der Waals surface area contributed by atoms with E-state index in [0.29, 0.717) is 22.3 Å². The number of hydrogen-bond acceptors (Lipinski definition) is 14. The Hall–Kier alpha value is -3.46. The van der Waals surface area contributed by atoms with E-state index in [9.17, 15) is 32.7 Å².